The summed E-state index contributed by atoms with van der Waals surface area (Å²) < 4.78 is 29.4. The zero-order valence-corrected chi connectivity index (χ0v) is 11.1. The number of nitrogens with zero attached hydrogens (tertiary/aromatic N) is 2. The molecule has 2 rings (SSSR count). The van der Waals surface area contributed by atoms with E-state index >= 15 is 0 Å². The first-order valence-electron chi connectivity index (χ1n) is 5.47. The number of hydrogen-bond donors (Lipinski definition) is 0. The molecule has 0 atom stereocenters. The molecule has 0 aliphatic heterocycles. The number of sulfonamides is 1. The van der Waals surface area contributed by atoms with Gasteiger partial charge in [-0.2, -0.15) is 12.8 Å². The van der Waals surface area contributed by atoms with Crippen molar-refractivity contribution in [1.82, 2.24) is 4.57 Å². The first-order valence-corrected chi connectivity index (χ1v) is 6.91. The molecule has 0 unspecified atom stereocenters. The second-order valence-electron chi connectivity index (χ2n) is 4.07. The maximum absolute atomic E-state index is 11.9. The number of rotatable bonds is 3. The topological polar surface area (TPSA) is 51.4 Å². The molecule has 0 N–H and O–H groups in total. The summed E-state index contributed by atoms with van der Waals surface area (Å²) in [6, 6.07) is 10.3. The van der Waals surface area contributed by atoms with E-state index in [9.17, 15) is 8.42 Å². The van der Waals surface area contributed by atoms with Gasteiger partial charge in [0.05, 0.1) is 16.8 Å². The van der Waals surface area contributed by atoms with Crippen molar-refractivity contribution in [2.75, 3.05) is 0 Å². The van der Waals surface area contributed by atoms with Crippen LogP contribution in [0.2, 0.25) is 0 Å². The van der Waals surface area contributed by atoms with E-state index in [2.05, 4.69) is 4.40 Å². The summed E-state index contributed by atoms with van der Waals surface area (Å²) in [6.45, 7) is 1.91. The van der Waals surface area contributed by atoms with Crippen molar-refractivity contribution < 1.29 is 8.42 Å². The highest BCUT2D eigenvalue weighted by Crippen LogP contribution is 2.13. The lowest BCUT2D eigenvalue weighted by atomic mass is 10.2. The van der Waals surface area contributed by atoms with Crippen LogP contribution >= 0.6 is 0 Å². The van der Waals surface area contributed by atoms with Gasteiger partial charge in [0, 0.05) is 13.2 Å². The Balaban J connectivity index is 2.30. The van der Waals surface area contributed by atoms with Crippen LogP contribution in [-0.2, 0) is 17.1 Å². The van der Waals surface area contributed by atoms with Crippen molar-refractivity contribution in [3.8, 4) is 0 Å². The molecule has 4 nitrogen and oxygen atoms in total. The summed E-state index contributed by atoms with van der Waals surface area (Å²) in [5, 5.41) is 0. The van der Waals surface area contributed by atoms with Crippen LogP contribution < -0.4 is 0 Å². The third-order valence-corrected chi connectivity index (χ3v) is 3.88. The number of aromatic nitrogens is 1. The predicted octanol–water partition coefficient (Wildman–Crippen LogP) is 2.14. The van der Waals surface area contributed by atoms with Crippen molar-refractivity contribution in [3.05, 3.63) is 53.9 Å². The molecule has 0 radical (unpaired) electrons. The summed E-state index contributed by atoms with van der Waals surface area (Å²) in [6.07, 6.45) is 3.19. The van der Waals surface area contributed by atoms with Gasteiger partial charge in [0.1, 0.15) is 0 Å². The van der Waals surface area contributed by atoms with Gasteiger partial charge in [0.2, 0.25) is 0 Å². The monoisotopic (exact) mass is 262 g/mol. The quantitative estimate of drug-likeness (QED) is 0.796. The number of benzene rings is 1. The molecule has 0 amide bonds. The fourth-order valence-electron chi connectivity index (χ4n) is 1.50. The Morgan fingerprint density at radius 2 is 1.83 bits per heavy atom. The van der Waals surface area contributed by atoms with E-state index in [1.54, 1.807) is 34.9 Å². The lowest BCUT2D eigenvalue weighted by Crippen LogP contribution is -1.99. The lowest BCUT2D eigenvalue weighted by Gasteiger charge is -1.99. The molecule has 94 valence electrons. The Bertz CT molecular complexity index is 667. The van der Waals surface area contributed by atoms with Crippen LogP contribution in [0, 0.1) is 6.92 Å². The van der Waals surface area contributed by atoms with Crippen molar-refractivity contribution >= 4 is 16.2 Å². The van der Waals surface area contributed by atoms with Gasteiger partial charge in [0.15, 0.2) is 0 Å². The summed E-state index contributed by atoms with van der Waals surface area (Å²) in [5.41, 5.74) is 1.76. The van der Waals surface area contributed by atoms with Crippen LogP contribution in [0.25, 0.3) is 0 Å². The Hall–Kier alpha value is -1.88. The summed E-state index contributed by atoms with van der Waals surface area (Å²) in [4.78, 5) is 0.207. The van der Waals surface area contributed by atoms with Gasteiger partial charge in [-0.1, -0.05) is 17.7 Å². The summed E-state index contributed by atoms with van der Waals surface area (Å²) in [5.74, 6) is 0. The van der Waals surface area contributed by atoms with Crippen LogP contribution in [0.15, 0.2) is 51.9 Å². The van der Waals surface area contributed by atoms with E-state index in [0.717, 1.165) is 11.3 Å². The Morgan fingerprint density at radius 1 is 1.17 bits per heavy atom. The molecule has 1 aromatic carbocycles. The second-order valence-corrected chi connectivity index (χ2v) is 5.70. The molecule has 0 spiro atoms. The fourth-order valence-corrected chi connectivity index (χ4v) is 2.35. The second kappa shape index (κ2) is 4.78. The minimum atomic E-state index is -3.61. The average Bonchev–Trinajstić information content (AvgIpc) is 2.73. The molecule has 0 saturated heterocycles. The molecule has 0 fully saturated rings. The molecule has 18 heavy (non-hydrogen) atoms. The Morgan fingerprint density at radius 3 is 2.39 bits per heavy atom. The maximum Gasteiger partial charge on any atom is 0.282 e. The molecular formula is C13H14N2O2S. The molecule has 1 aromatic heterocycles. The largest absolute Gasteiger partial charge is 0.350 e. The normalized spacial score (nSPS) is 12.1. The van der Waals surface area contributed by atoms with E-state index in [-0.39, 0.29) is 4.90 Å². The third-order valence-electron chi connectivity index (χ3n) is 2.63. The van der Waals surface area contributed by atoms with Gasteiger partial charge < -0.3 is 4.57 Å². The Kier molecular flexibility index (Phi) is 3.34. The molecule has 0 aliphatic carbocycles. The average molecular weight is 262 g/mol. The smallest absolute Gasteiger partial charge is 0.282 e. The van der Waals surface area contributed by atoms with Crippen molar-refractivity contribution in [2.45, 2.75) is 11.8 Å². The number of aryl methyl sites for hydroxylation is 2. The minimum absolute atomic E-state index is 0.207. The van der Waals surface area contributed by atoms with Gasteiger partial charge >= 0.3 is 0 Å². The fraction of sp³-hybridized carbons (Fsp3) is 0.154. The SMILES string of the molecule is Cc1ccc(S(=O)(=O)/N=C/c2cccn2C)cc1. The molecule has 2 aromatic rings. The van der Waals surface area contributed by atoms with Crippen molar-refractivity contribution in [2.24, 2.45) is 11.4 Å². The first-order chi connectivity index (χ1) is 8.49. The van der Waals surface area contributed by atoms with Gasteiger partial charge in [-0.05, 0) is 31.2 Å². The predicted molar refractivity (Wildman–Crippen MR) is 71.4 cm³/mol. The van der Waals surface area contributed by atoms with Crippen molar-refractivity contribution in [1.29, 1.82) is 0 Å². The van der Waals surface area contributed by atoms with Gasteiger partial charge in [-0.3, -0.25) is 0 Å². The molecular weight excluding hydrogens is 248 g/mol. The van der Waals surface area contributed by atoms with Gasteiger partial charge in [-0.15, -0.1) is 0 Å². The lowest BCUT2D eigenvalue weighted by molar-refractivity contribution is 0.598. The van der Waals surface area contributed by atoms with E-state index in [4.69, 9.17) is 0 Å². The molecule has 0 saturated carbocycles. The molecule has 0 aliphatic rings. The standard InChI is InChI=1S/C13H14N2O2S/c1-11-5-7-13(8-6-11)18(16,17)14-10-12-4-3-9-15(12)2/h3-10H,1-2H3/b14-10+. The highest BCUT2D eigenvalue weighted by molar-refractivity contribution is 7.90. The van der Waals surface area contributed by atoms with Crippen LogP contribution in [0.1, 0.15) is 11.3 Å². The van der Waals surface area contributed by atoms with E-state index < -0.39 is 10.0 Å². The zero-order chi connectivity index (χ0) is 13.2. The zero-order valence-electron chi connectivity index (χ0n) is 10.2. The van der Waals surface area contributed by atoms with Crippen LogP contribution in [0.5, 0.6) is 0 Å². The van der Waals surface area contributed by atoms with Crippen LogP contribution in [0.3, 0.4) is 0 Å². The van der Waals surface area contributed by atoms with Crippen molar-refractivity contribution in [3.63, 3.8) is 0 Å². The van der Waals surface area contributed by atoms with Gasteiger partial charge in [-0.25, -0.2) is 0 Å². The third kappa shape index (κ3) is 2.68. The van der Waals surface area contributed by atoms with Crippen LogP contribution in [0.4, 0.5) is 0 Å². The molecule has 1 heterocycles. The summed E-state index contributed by atoms with van der Waals surface area (Å²) >= 11 is 0. The van der Waals surface area contributed by atoms with Crippen LogP contribution in [-0.4, -0.2) is 19.2 Å². The highest BCUT2D eigenvalue weighted by atomic mass is 32.2. The van der Waals surface area contributed by atoms with E-state index in [0.29, 0.717) is 0 Å². The van der Waals surface area contributed by atoms with E-state index in [1.807, 2.05) is 26.2 Å². The maximum atomic E-state index is 11.9. The van der Waals surface area contributed by atoms with E-state index in [1.165, 1.54) is 6.21 Å². The summed E-state index contributed by atoms with van der Waals surface area (Å²) in [7, 11) is -1.78. The molecule has 5 heteroatoms. The highest BCUT2D eigenvalue weighted by Gasteiger charge is 2.10. The molecule has 0 bridgehead atoms. The minimum Gasteiger partial charge on any atom is -0.350 e. The first kappa shape index (κ1) is 12.6. The number of hydrogen-bond acceptors (Lipinski definition) is 2. The Labute approximate surface area is 107 Å². The van der Waals surface area contributed by atoms with Gasteiger partial charge in [0.25, 0.3) is 10.0 Å².